The van der Waals surface area contributed by atoms with Crippen LogP contribution in [0.3, 0.4) is 0 Å². The Morgan fingerprint density at radius 1 is 1.65 bits per heavy atom. The van der Waals surface area contributed by atoms with Crippen LogP contribution in [0.1, 0.15) is 25.3 Å². The van der Waals surface area contributed by atoms with E-state index < -0.39 is 17.4 Å². The molecule has 1 heterocycles. The van der Waals surface area contributed by atoms with Gasteiger partial charge in [-0.25, -0.2) is 19.5 Å². The van der Waals surface area contributed by atoms with E-state index in [1.54, 1.807) is 0 Å². The maximum atomic E-state index is 14.1. The smallest absolute Gasteiger partial charge is 0.412 e. The average Bonchev–Trinajstić information content (AvgIpc) is 2.41. The van der Waals surface area contributed by atoms with Crippen molar-refractivity contribution in [2.24, 2.45) is 4.99 Å². The molecule has 4 N–H and O–H groups in total. The Hall–Kier alpha value is -2.31. The molecule has 1 unspecified atom stereocenters. The van der Waals surface area contributed by atoms with Gasteiger partial charge in [-0.05, 0) is 24.6 Å². The topological polar surface area (TPSA) is 96.9 Å². The number of halogens is 1. The average molecular weight is 281 g/mol. The van der Waals surface area contributed by atoms with Crippen molar-refractivity contribution in [1.29, 1.82) is 0 Å². The molecule has 0 spiro atoms. The van der Waals surface area contributed by atoms with Crippen molar-refractivity contribution in [3.63, 3.8) is 0 Å². The van der Waals surface area contributed by atoms with E-state index in [-0.39, 0.29) is 12.6 Å². The molecule has 1 aliphatic rings. The first-order chi connectivity index (χ1) is 9.47. The number of benzene rings is 1. The third kappa shape index (κ3) is 2.66. The quantitative estimate of drug-likeness (QED) is 0.723. The van der Waals surface area contributed by atoms with E-state index in [9.17, 15) is 9.18 Å². The molecule has 0 aliphatic carbocycles. The van der Waals surface area contributed by atoms with Gasteiger partial charge in [-0.1, -0.05) is 6.92 Å². The molecule has 2 rings (SSSR count). The maximum Gasteiger partial charge on any atom is 0.412 e. The first-order valence-electron chi connectivity index (χ1n) is 6.25. The number of nitrogens with zero attached hydrogens (tertiary/aromatic N) is 1. The number of nitrogens with one attached hydrogen (secondary N) is 1. The van der Waals surface area contributed by atoms with Crippen LogP contribution in [0.25, 0.3) is 0 Å². The van der Waals surface area contributed by atoms with Crippen molar-refractivity contribution < 1.29 is 19.0 Å². The van der Waals surface area contributed by atoms with E-state index in [0.717, 1.165) is 0 Å². The Kier molecular flexibility index (Phi) is 3.78. The van der Waals surface area contributed by atoms with Gasteiger partial charge < -0.3 is 15.6 Å². The number of ether oxygens (including phenoxy) is 1. The highest BCUT2D eigenvalue weighted by atomic mass is 19.1. The second kappa shape index (κ2) is 5.36. The Balaban J connectivity index is 2.47. The number of nitrogen functional groups attached to an aromatic ring is 1. The van der Waals surface area contributed by atoms with E-state index in [4.69, 9.17) is 15.6 Å². The number of anilines is 1. The summed E-state index contributed by atoms with van der Waals surface area (Å²) in [6, 6.07) is 4.18. The predicted octanol–water partition coefficient (Wildman–Crippen LogP) is 2.06. The van der Waals surface area contributed by atoms with Crippen LogP contribution >= 0.6 is 0 Å². The van der Waals surface area contributed by atoms with Crippen LogP contribution in [0.2, 0.25) is 0 Å². The van der Waals surface area contributed by atoms with Crippen molar-refractivity contribution in [3.8, 4) is 0 Å². The van der Waals surface area contributed by atoms with Crippen LogP contribution in [0.5, 0.6) is 0 Å². The Labute approximate surface area is 115 Å². The molecule has 0 saturated heterocycles. The zero-order valence-corrected chi connectivity index (χ0v) is 11.0. The molecule has 0 saturated carbocycles. The van der Waals surface area contributed by atoms with E-state index in [0.29, 0.717) is 24.1 Å². The number of rotatable bonds is 2. The number of carboxylic acid groups (broad SMARTS) is 1. The Bertz CT molecular complexity index is 562. The fourth-order valence-electron chi connectivity index (χ4n) is 2.30. The largest absolute Gasteiger partial charge is 0.465 e. The van der Waals surface area contributed by atoms with Gasteiger partial charge in [0, 0.05) is 17.7 Å². The lowest BCUT2D eigenvalue weighted by molar-refractivity contribution is 0.178. The van der Waals surface area contributed by atoms with E-state index in [2.05, 4.69) is 10.3 Å². The maximum absolute atomic E-state index is 14.1. The first kappa shape index (κ1) is 14.1. The lowest BCUT2D eigenvalue weighted by atomic mass is 9.84. The van der Waals surface area contributed by atoms with E-state index in [1.807, 2.05) is 6.92 Å². The zero-order chi connectivity index (χ0) is 14.8. The second-order valence-corrected chi connectivity index (χ2v) is 4.57. The molecule has 108 valence electrons. The highest BCUT2D eigenvalue weighted by Crippen LogP contribution is 2.38. The Morgan fingerprint density at radius 3 is 3.05 bits per heavy atom. The van der Waals surface area contributed by atoms with Crippen LogP contribution in [-0.2, 0) is 10.3 Å². The van der Waals surface area contributed by atoms with Crippen LogP contribution in [0.4, 0.5) is 14.9 Å². The van der Waals surface area contributed by atoms with Gasteiger partial charge in [0.1, 0.15) is 5.82 Å². The zero-order valence-electron chi connectivity index (χ0n) is 11.0. The first-order valence-corrected chi connectivity index (χ1v) is 6.25. The molecule has 0 aromatic heterocycles. The summed E-state index contributed by atoms with van der Waals surface area (Å²) >= 11 is 0. The summed E-state index contributed by atoms with van der Waals surface area (Å²) < 4.78 is 19.2. The molecule has 0 bridgehead atoms. The molecular formula is C13H16FN3O3. The summed E-state index contributed by atoms with van der Waals surface area (Å²) in [6.07, 6.45) is -0.320. The van der Waals surface area contributed by atoms with Gasteiger partial charge in [0.05, 0.1) is 12.1 Å². The number of carbonyl (C=O) groups is 1. The number of amides is 1. The standard InChI is InChI=1S/C13H16FN3O3/c1-2-13(9-7-8(15)3-4-10(9)14)5-6-20-11(17-13)16-12(18)19/h3-4,7H,2,5-6,15H2,1H3,(H,16,17)(H,18,19). The lowest BCUT2D eigenvalue weighted by Crippen LogP contribution is -2.40. The van der Waals surface area contributed by atoms with Gasteiger partial charge >= 0.3 is 6.09 Å². The summed E-state index contributed by atoms with van der Waals surface area (Å²) in [4.78, 5) is 14.9. The molecule has 20 heavy (non-hydrogen) atoms. The van der Waals surface area contributed by atoms with Gasteiger partial charge in [0.15, 0.2) is 0 Å². The number of nitrogens with two attached hydrogens (primary N) is 1. The summed E-state index contributed by atoms with van der Waals surface area (Å²) in [7, 11) is 0. The van der Waals surface area contributed by atoms with Crippen molar-refractivity contribution in [1.82, 2.24) is 5.32 Å². The minimum absolute atomic E-state index is 0.118. The molecule has 6 nitrogen and oxygen atoms in total. The molecule has 1 aromatic rings. The molecular weight excluding hydrogens is 265 g/mol. The fourth-order valence-corrected chi connectivity index (χ4v) is 2.30. The summed E-state index contributed by atoms with van der Waals surface area (Å²) in [5.74, 6) is -0.415. The minimum Gasteiger partial charge on any atom is -0.465 e. The van der Waals surface area contributed by atoms with Crippen molar-refractivity contribution in [2.75, 3.05) is 12.3 Å². The van der Waals surface area contributed by atoms with Gasteiger partial charge in [0.25, 0.3) is 6.02 Å². The summed E-state index contributed by atoms with van der Waals surface area (Å²) in [6.45, 7) is 2.11. The van der Waals surface area contributed by atoms with Crippen LogP contribution in [0.15, 0.2) is 23.2 Å². The highest BCUT2D eigenvalue weighted by molar-refractivity contribution is 5.90. The lowest BCUT2D eigenvalue weighted by Gasteiger charge is -2.33. The molecule has 0 fully saturated rings. The summed E-state index contributed by atoms with van der Waals surface area (Å²) in [5, 5.41) is 10.8. The molecule has 1 aromatic carbocycles. The summed E-state index contributed by atoms with van der Waals surface area (Å²) in [5.41, 5.74) is 5.63. The molecule has 1 atom stereocenters. The molecule has 1 aliphatic heterocycles. The Morgan fingerprint density at radius 2 is 2.40 bits per heavy atom. The van der Waals surface area contributed by atoms with E-state index >= 15 is 0 Å². The normalized spacial score (nSPS) is 21.8. The third-order valence-electron chi connectivity index (χ3n) is 3.36. The number of amidine groups is 1. The number of hydrogen-bond donors (Lipinski definition) is 3. The third-order valence-corrected chi connectivity index (χ3v) is 3.36. The van der Waals surface area contributed by atoms with Gasteiger partial charge in [-0.2, -0.15) is 0 Å². The van der Waals surface area contributed by atoms with E-state index in [1.165, 1.54) is 18.2 Å². The predicted molar refractivity (Wildman–Crippen MR) is 71.9 cm³/mol. The number of aliphatic imine (C=N–C) groups is 1. The van der Waals surface area contributed by atoms with Crippen LogP contribution in [0, 0.1) is 5.82 Å². The minimum atomic E-state index is -1.27. The van der Waals surface area contributed by atoms with Crippen molar-refractivity contribution in [3.05, 3.63) is 29.6 Å². The molecule has 7 heteroatoms. The number of hydrogen-bond acceptors (Lipinski definition) is 4. The highest BCUT2D eigenvalue weighted by Gasteiger charge is 2.36. The second-order valence-electron chi connectivity index (χ2n) is 4.57. The van der Waals surface area contributed by atoms with Gasteiger partial charge in [-0.15, -0.1) is 0 Å². The van der Waals surface area contributed by atoms with Crippen LogP contribution in [-0.4, -0.2) is 23.8 Å². The van der Waals surface area contributed by atoms with Gasteiger partial charge in [0.2, 0.25) is 0 Å². The van der Waals surface area contributed by atoms with Gasteiger partial charge in [-0.3, -0.25) is 0 Å². The molecule has 1 amide bonds. The van der Waals surface area contributed by atoms with Crippen molar-refractivity contribution in [2.45, 2.75) is 25.3 Å². The SMILES string of the molecule is CCC1(c2cc(N)ccc2F)CCOC(NC(=O)O)=N1. The van der Waals surface area contributed by atoms with Crippen LogP contribution < -0.4 is 11.1 Å². The monoisotopic (exact) mass is 281 g/mol. The van der Waals surface area contributed by atoms with Crippen molar-refractivity contribution >= 4 is 17.8 Å². The fraction of sp³-hybridized carbons (Fsp3) is 0.385. The molecule has 0 radical (unpaired) electrons.